The molecule has 0 N–H and O–H groups in total. The van der Waals surface area contributed by atoms with E-state index in [1.165, 1.54) is 30.9 Å². The first kappa shape index (κ1) is 35.9. The van der Waals surface area contributed by atoms with Gasteiger partial charge in [-0.15, -0.1) is 11.3 Å². The van der Waals surface area contributed by atoms with Gasteiger partial charge in [0.25, 0.3) is 0 Å². The maximum Gasteiger partial charge on any atom is 0.166 e. The summed E-state index contributed by atoms with van der Waals surface area (Å²) < 4.78 is 4.97. The highest BCUT2D eigenvalue weighted by molar-refractivity contribution is 7.25. The van der Waals surface area contributed by atoms with Crippen LogP contribution in [-0.2, 0) is 0 Å². The van der Waals surface area contributed by atoms with Gasteiger partial charge >= 0.3 is 0 Å². The second-order valence-electron chi connectivity index (χ2n) is 15.6. The summed E-state index contributed by atoms with van der Waals surface area (Å²) in [4.78, 5) is 16.0. The summed E-state index contributed by atoms with van der Waals surface area (Å²) in [5.74, 6) is 1.82. The summed E-state index contributed by atoms with van der Waals surface area (Å²) in [5.41, 5.74) is 12.7. The lowest BCUT2D eigenvalue weighted by Gasteiger charge is -2.20. The molecule has 62 heavy (non-hydrogen) atoms. The second kappa shape index (κ2) is 14.9. The van der Waals surface area contributed by atoms with E-state index in [-0.39, 0.29) is 0 Å². The van der Waals surface area contributed by atoms with E-state index >= 15 is 0 Å². The van der Waals surface area contributed by atoms with Gasteiger partial charge in [0.05, 0.1) is 16.7 Å². The molecule has 12 aromatic rings. The molecule has 9 aromatic carbocycles. The van der Waals surface area contributed by atoms with Gasteiger partial charge in [-0.1, -0.05) is 170 Å². The van der Waals surface area contributed by atoms with Crippen molar-refractivity contribution in [1.82, 2.24) is 19.5 Å². The Morgan fingerprint density at radius 1 is 0.290 bits per heavy atom. The maximum atomic E-state index is 5.45. The van der Waals surface area contributed by atoms with E-state index in [0.29, 0.717) is 17.5 Å². The van der Waals surface area contributed by atoms with Crippen LogP contribution in [0, 0.1) is 0 Å². The molecule has 0 aliphatic carbocycles. The zero-order valence-corrected chi connectivity index (χ0v) is 34.3. The number of fused-ring (bicyclic) bond motifs is 6. The topological polar surface area (TPSA) is 43.6 Å². The van der Waals surface area contributed by atoms with Crippen LogP contribution in [0.5, 0.6) is 0 Å². The van der Waals surface area contributed by atoms with Gasteiger partial charge in [0.2, 0.25) is 0 Å². The highest BCUT2D eigenvalue weighted by Crippen LogP contribution is 2.43. The van der Waals surface area contributed by atoms with Crippen molar-refractivity contribution in [3.63, 3.8) is 0 Å². The van der Waals surface area contributed by atoms with Gasteiger partial charge < -0.3 is 4.57 Å². The third-order valence-corrected chi connectivity index (χ3v) is 13.0. The Morgan fingerprint density at radius 2 is 0.774 bits per heavy atom. The molecular weight excluding hydrogens is 773 g/mol. The van der Waals surface area contributed by atoms with E-state index in [2.05, 4.69) is 205 Å². The number of nitrogens with zero attached hydrogens (tertiary/aromatic N) is 4. The molecule has 0 amide bonds. The van der Waals surface area contributed by atoms with Gasteiger partial charge in [-0.05, 0) is 81.9 Å². The van der Waals surface area contributed by atoms with Crippen molar-refractivity contribution in [2.75, 3.05) is 0 Å². The molecule has 0 aliphatic heterocycles. The van der Waals surface area contributed by atoms with E-state index in [0.717, 1.165) is 66.8 Å². The van der Waals surface area contributed by atoms with Crippen molar-refractivity contribution in [3.8, 4) is 73.2 Å². The van der Waals surface area contributed by atoms with E-state index in [1.807, 2.05) is 29.5 Å². The summed E-state index contributed by atoms with van der Waals surface area (Å²) >= 11 is 1.84. The number of aromatic nitrogens is 4. The third-order valence-electron chi connectivity index (χ3n) is 11.9. The van der Waals surface area contributed by atoms with Crippen molar-refractivity contribution in [2.45, 2.75) is 0 Å². The predicted octanol–water partition coefficient (Wildman–Crippen LogP) is 15.3. The molecule has 3 aromatic heterocycles. The molecule has 0 atom stereocenters. The summed E-state index contributed by atoms with van der Waals surface area (Å²) in [7, 11) is 0. The summed E-state index contributed by atoms with van der Waals surface area (Å²) in [6.07, 6.45) is 0. The average molecular weight is 809 g/mol. The molecule has 290 valence electrons. The summed E-state index contributed by atoms with van der Waals surface area (Å²) in [6, 6.07) is 77.5. The molecule has 0 spiro atoms. The lowest BCUT2D eigenvalue weighted by Crippen LogP contribution is -2.05. The monoisotopic (exact) mass is 808 g/mol. The lowest BCUT2D eigenvalue weighted by molar-refractivity contribution is 1.06. The Kier molecular flexibility index (Phi) is 8.65. The minimum atomic E-state index is 0.596. The molecule has 5 heteroatoms. The van der Waals surface area contributed by atoms with Gasteiger partial charge in [0.15, 0.2) is 17.5 Å². The summed E-state index contributed by atoms with van der Waals surface area (Å²) in [5, 5.41) is 4.93. The van der Waals surface area contributed by atoms with Crippen LogP contribution < -0.4 is 0 Å². The Bertz CT molecular complexity index is 3580. The molecule has 0 saturated heterocycles. The minimum absolute atomic E-state index is 0.596. The second-order valence-corrected chi connectivity index (χ2v) is 16.7. The van der Waals surface area contributed by atoms with Crippen molar-refractivity contribution >= 4 is 53.3 Å². The first-order chi connectivity index (χ1) is 30.7. The smallest absolute Gasteiger partial charge is 0.166 e. The number of rotatable bonds is 7. The Hall–Kier alpha value is -7.99. The number of benzene rings is 9. The predicted molar refractivity (Wildman–Crippen MR) is 260 cm³/mol. The normalized spacial score (nSPS) is 11.5. The van der Waals surface area contributed by atoms with Gasteiger partial charge in [-0.3, -0.25) is 0 Å². The van der Waals surface area contributed by atoms with Crippen LogP contribution in [0.4, 0.5) is 0 Å². The van der Waals surface area contributed by atoms with Crippen LogP contribution in [0.25, 0.3) is 115 Å². The number of thiophene rings is 1. The molecular formula is C57H36N4S. The van der Waals surface area contributed by atoms with Gasteiger partial charge in [-0.2, -0.15) is 0 Å². The minimum Gasteiger partial charge on any atom is -0.308 e. The highest BCUT2D eigenvalue weighted by Gasteiger charge is 2.23. The van der Waals surface area contributed by atoms with Crippen molar-refractivity contribution in [2.24, 2.45) is 0 Å². The molecule has 3 heterocycles. The van der Waals surface area contributed by atoms with Crippen LogP contribution >= 0.6 is 11.3 Å². The SMILES string of the molecule is c1ccc(-c2nc(-c3cccc(-c4ccc5sc6ccccc6c5c4)c3)nc(-c3cc(-c4ccccc4)c(-c4ccccc4)cc3-n3c4ccccc4c4ccccc43)n2)cc1. The van der Waals surface area contributed by atoms with E-state index in [1.54, 1.807) is 0 Å². The number of hydrogen-bond donors (Lipinski definition) is 0. The van der Waals surface area contributed by atoms with Crippen LogP contribution in [0.1, 0.15) is 0 Å². The fourth-order valence-corrected chi connectivity index (χ4v) is 10.0. The highest BCUT2D eigenvalue weighted by atomic mass is 32.1. The van der Waals surface area contributed by atoms with E-state index < -0.39 is 0 Å². The van der Waals surface area contributed by atoms with E-state index in [4.69, 9.17) is 15.0 Å². The fraction of sp³-hybridized carbons (Fsp3) is 0. The van der Waals surface area contributed by atoms with Gasteiger partial charge in [0.1, 0.15) is 0 Å². The van der Waals surface area contributed by atoms with Gasteiger partial charge in [0, 0.05) is 47.6 Å². The molecule has 0 aliphatic rings. The molecule has 0 bridgehead atoms. The molecule has 4 nitrogen and oxygen atoms in total. The largest absolute Gasteiger partial charge is 0.308 e. The van der Waals surface area contributed by atoms with Crippen molar-refractivity contribution < 1.29 is 0 Å². The Labute approximate surface area is 362 Å². The summed E-state index contributed by atoms with van der Waals surface area (Å²) in [6.45, 7) is 0. The fourth-order valence-electron chi connectivity index (χ4n) is 8.93. The van der Waals surface area contributed by atoms with Crippen LogP contribution in [0.3, 0.4) is 0 Å². The molecule has 0 fully saturated rings. The molecule has 0 unspecified atom stereocenters. The van der Waals surface area contributed by atoms with Crippen molar-refractivity contribution in [1.29, 1.82) is 0 Å². The Morgan fingerprint density at radius 3 is 1.45 bits per heavy atom. The zero-order valence-electron chi connectivity index (χ0n) is 33.5. The third kappa shape index (κ3) is 6.18. The van der Waals surface area contributed by atoms with E-state index in [9.17, 15) is 0 Å². The molecule has 0 saturated carbocycles. The van der Waals surface area contributed by atoms with Crippen LogP contribution in [-0.4, -0.2) is 19.5 Å². The zero-order chi connectivity index (χ0) is 41.0. The first-order valence-electron chi connectivity index (χ1n) is 20.8. The number of para-hydroxylation sites is 2. The first-order valence-corrected chi connectivity index (χ1v) is 21.7. The maximum absolute atomic E-state index is 5.45. The molecule has 12 rings (SSSR count). The van der Waals surface area contributed by atoms with Gasteiger partial charge in [-0.25, -0.2) is 15.0 Å². The number of hydrogen-bond acceptors (Lipinski definition) is 4. The quantitative estimate of drug-likeness (QED) is 0.161. The lowest BCUT2D eigenvalue weighted by atomic mass is 9.91. The Balaban J connectivity index is 1.13. The standard InChI is InChI=1S/C57H36N4S/c1-4-17-37(18-5-1)46-35-49(52(36-47(46)38-19-6-2-7-20-38)61-50-28-13-10-25-43(50)44-26-11-14-29-51(44)61)57-59-55(39-21-8-3-9-22-39)58-56(60-57)42-24-16-23-40(33-42)41-31-32-54-48(34-41)45-27-12-15-30-53(45)62-54/h1-36H. The average Bonchev–Trinajstić information content (AvgIpc) is 3.90. The van der Waals surface area contributed by atoms with Crippen molar-refractivity contribution in [3.05, 3.63) is 218 Å². The molecule has 0 radical (unpaired) electrons. The van der Waals surface area contributed by atoms with Crippen LogP contribution in [0.15, 0.2) is 218 Å². The van der Waals surface area contributed by atoms with Crippen LogP contribution in [0.2, 0.25) is 0 Å².